The molecule has 3 heterocycles. The summed E-state index contributed by atoms with van der Waals surface area (Å²) in [6.07, 6.45) is 5.88. The molecule has 1 fully saturated rings. The summed E-state index contributed by atoms with van der Waals surface area (Å²) >= 11 is 0. The first kappa shape index (κ1) is 18.5. The quantitative estimate of drug-likeness (QED) is 0.810. The smallest absolute Gasteiger partial charge is 0.272 e. The second-order valence-corrected chi connectivity index (χ2v) is 7.24. The Morgan fingerprint density at radius 2 is 1.71 bits per heavy atom. The molecule has 1 saturated heterocycles. The number of nitrogens with zero attached hydrogens (tertiary/aromatic N) is 4. The minimum atomic E-state index is 0.00663. The Bertz CT molecular complexity index is 865. The van der Waals surface area contributed by atoms with Crippen molar-refractivity contribution in [3.63, 3.8) is 0 Å². The fraction of sp³-hybridized carbons (Fsp3) is 0.476. The number of piperidine rings is 1. The number of anilines is 1. The fourth-order valence-electron chi connectivity index (χ4n) is 3.93. The molecule has 0 bridgehead atoms. The van der Waals surface area contributed by atoms with Crippen molar-refractivity contribution < 1.29 is 14.3 Å². The predicted molar refractivity (Wildman–Crippen MR) is 106 cm³/mol. The molecule has 7 heteroatoms. The van der Waals surface area contributed by atoms with Crippen LogP contribution >= 0.6 is 0 Å². The van der Waals surface area contributed by atoms with E-state index in [0.29, 0.717) is 18.2 Å². The molecule has 148 valence electrons. The number of methoxy groups -OCH3 is 2. The van der Waals surface area contributed by atoms with Crippen LogP contribution in [-0.4, -0.2) is 54.6 Å². The Morgan fingerprint density at radius 3 is 2.43 bits per heavy atom. The number of carbonyl (C=O) groups is 1. The molecule has 0 unspecified atom stereocenters. The summed E-state index contributed by atoms with van der Waals surface area (Å²) < 4.78 is 10.8. The van der Waals surface area contributed by atoms with Gasteiger partial charge in [0.15, 0.2) is 11.5 Å². The van der Waals surface area contributed by atoms with Gasteiger partial charge in [0, 0.05) is 32.4 Å². The maximum absolute atomic E-state index is 12.8. The van der Waals surface area contributed by atoms with Crippen LogP contribution in [0.2, 0.25) is 0 Å². The molecular formula is C21H26N4O3. The van der Waals surface area contributed by atoms with E-state index in [-0.39, 0.29) is 5.91 Å². The minimum Gasteiger partial charge on any atom is -0.493 e. The highest BCUT2D eigenvalue weighted by atomic mass is 16.5. The van der Waals surface area contributed by atoms with Crippen molar-refractivity contribution >= 4 is 11.9 Å². The Hall–Kier alpha value is -2.83. The molecule has 7 nitrogen and oxygen atoms in total. The van der Waals surface area contributed by atoms with Gasteiger partial charge in [-0.2, -0.15) is 0 Å². The highest BCUT2D eigenvalue weighted by molar-refractivity contribution is 5.92. The maximum Gasteiger partial charge on any atom is 0.272 e. The van der Waals surface area contributed by atoms with Crippen molar-refractivity contribution in [1.82, 2.24) is 14.9 Å². The molecule has 1 amide bonds. The molecule has 0 saturated carbocycles. The van der Waals surface area contributed by atoms with Gasteiger partial charge in [0.25, 0.3) is 5.91 Å². The van der Waals surface area contributed by atoms with Crippen molar-refractivity contribution in [2.45, 2.75) is 32.2 Å². The lowest BCUT2D eigenvalue weighted by Gasteiger charge is -2.30. The molecule has 2 aromatic rings. The van der Waals surface area contributed by atoms with E-state index < -0.39 is 0 Å². The molecule has 1 aromatic heterocycles. The van der Waals surface area contributed by atoms with Crippen molar-refractivity contribution in [2.24, 2.45) is 0 Å². The molecule has 28 heavy (non-hydrogen) atoms. The largest absolute Gasteiger partial charge is 0.493 e. The second-order valence-electron chi connectivity index (χ2n) is 7.24. The lowest BCUT2D eigenvalue weighted by atomic mass is 9.99. The molecular weight excluding hydrogens is 356 g/mol. The number of likely N-dealkylation sites (tertiary alicyclic amines) is 1. The zero-order chi connectivity index (χ0) is 19.5. The Labute approximate surface area is 165 Å². The number of hydrogen-bond acceptors (Lipinski definition) is 6. The van der Waals surface area contributed by atoms with Gasteiger partial charge in [-0.3, -0.25) is 4.79 Å². The second kappa shape index (κ2) is 8.04. The van der Waals surface area contributed by atoms with Crippen LogP contribution in [0.25, 0.3) is 0 Å². The Kier molecular flexibility index (Phi) is 5.32. The van der Waals surface area contributed by atoms with Gasteiger partial charge in [-0.25, -0.2) is 9.97 Å². The summed E-state index contributed by atoms with van der Waals surface area (Å²) in [4.78, 5) is 25.8. The van der Waals surface area contributed by atoms with Gasteiger partial charge in [-0.15, -0.1) is 0 Å². The molecule has 0 atom stereocenters. The molecule has 0 N–H and O–H groups in total. The van der Waals surface area contributed by atoms with Gasteiger partial charge in [0.2, 0.25) is 5.95 Å². The molecule has 2 aliphatic rings. The van der Waals surface area contributed by atoms with Crippen LogP contribution in [0.3, 0.4) is 0 Å². The lowest BCUT2D eigenvalue weighted by Crippen LogP contribution is -2.37. The number of aromatic nitrogens is 2. The van der Waals surface area contributed by atoms with E-state index >= 15 is 0 Å². The highest BCUT2D eigenvalue weighted by Gasteiger charge is 2.24. The number of benzene rings is 1. The van der Waals surface area contributed by atoms with Crippen LogP contribution in [0, 0.1) is 0 Å². The first-order chi connectivity index (χ1) is 13.7. The fourth-order valence-corrected chi connectivity index (χ4v) is 3.93. The third-order valence-electron chi connectivity index (χ3n) is 5.51. The molecule has 4 rings (SSSR count). The predicted octanol–water partition coefficient (Wildman–Crippen LogP) is 2.68. The van der Waals surface area contributed by atoms with Crippen LogP contribution < -0.4 is 14.4 Å². The summed E-state index contributed by atoms with van der Waals surface area (Å²) in [7, 11) is 3.29. The van der Waals surface area contributed by atoms with E-state index in [1.54, 1.807) is 26.5 Å². The summed E-state index contributed by atoms with van der Waals surface area (Å²) in [5.41, 5.74) is 2.89. The van der Waals surface area contributed by atoms with Gasteiger partial charge in [-0.05, 0) is 55.0 Å². The SMILES string of the molecule is COc1cc2c(cc1OC)CN(c1nccc(C(=O)N3CCCCC3)n1)CC2. The van der Waals surface area contributed by atoms with Gasteiger partial charge >= 0.3 is 0 Å². The van der Waals surface area contributed by atoms with Gasteiger partial charge in [0.05, 0.1) is 14.2 Å². The Morgan fingerprint density at radius 1 is 1.00 bits per heavy atom. The molecule has 2 aliphatic heterocycles. The summed E-state index contributed by atoms with van der Waals surface area (Å²) in [6, 6.07) is 5.78. The van der Waals surface area contributed by atoms with Crippen molar-refractivity contribution in [2.75, 3.05) is 38.8 Å². The van der Waals surface area contributed by atoms with E-state index in [1.165, 1.54) is 17.5 Å². The normalized spacial score (nSPS) is 16.5. The van der Waals surface area contributed by atoms with Gasteiger partial charge in [0.1, 0.15) is 5.69 Å². The maximum atomic E-state index is 12.8. The van der Waals surface area contributed by atoms with Crippen molar-refractivity contribution in [1.29, 1.82) is 0 Å². The summed E-state index contributed by atoms with van der Waals surface area (Å²) in [5, 5.41) is 0. The standard InChI is InChI=1S/C21H26N4O3/c1-27-18-12-15-7-11-25(14-16(15)13-19(18)28-2)21-22-8-6-17(23-21)20(26)24-9-4-3-5-10-24/h6,8,12-13H,3-5,7,9-11,14H2,1-2H3. The summed E-state index contributed by atoms with van der Waals surface area (Å²) in [6.45, 7) is 3.11. The zero-order valence-electron chi connectivity index (χ0n) is 16.5. The Balaban J connectivity index is 1.55. The average molecular weight is 382 g/mol. The number of ether oxygens (including phenoxy) is 2. The molecule has 0 radical (unpaired) electrons. The van der Waals surface area contributed by atoms with Crippen LogP contribution in [0.5, 0.6) is 11.5 Å². The number of carbonyl (C=O) groups excluding carboxylic acids is 1. The zero-order valence-corrected chi connectivity index (χ0v) is 16.5. The van der Waals surface area contributed by atoms with Crippen LogP contribution in [0.1, 0.15) is 40.9 Å². The van der Waals surface area contributed by atoms with E-state index in [9.17, 15) is 4.79 Å². The number of hydrogen-bond donors (Lipinski definition) is 0. The average Bonchev–Trinajstić information content (AvgIpc) is 2.77. The van der Waals surface area contributed by atoms with E-state index in [4.69, 9.17) is 9.47 Å². The first-order valence-electron chi connectivity index (χ1n) is 9.80. The molecule has 0 aliphatic carbocycles. The lowest BCUT2D eigenvalue weighted by molar-refractivity contribution is 0.0718. The van der Waals surface area contributed by atoms with Crippen LogP contribution in [-0.2, 0) is 13.0 Å². The van der Waals surface area contributed by atoms with Crippen molar-refractivity contribution in [3.8, 4) is 11.5 Å². The molecule has 0 spiro atoms. The van der Waals surface area contributed by atoms with Crippen molar-refractivity contribution in [3.05, 3.63) is 41.2 Å². The third kappa shape index (κ3) is 3.61. The third-order valence-corrected chi connectivity index (χ3v) is 5.51. The van der Waals surface area contributed by atoms with E-state index in [0.717, 1.165) is 50.4 Å². The van der Waals surface area contributed by atoms with Gasteiger partial charge < -0.3 is 19.3 Å². The van der Waals surface area contributed by atoms with E-state index in [1.807, 2.05) is 17.0 Å². The van der Waals surface area contributed by atoms with E-state index in [2.05, 4.69) is 14.9 Å². The first-order valence-corrected chi connectivity index (χ1v) is 9.80. The number of amides is 1. The minimum absolute atomic E-state index is 0.00663. The number of fused-ring (bicyclic) bond motifs is 1. The van der Waals surface area contributed by atoms with Crippen LogP contribution in [0.4, 0.5) is 5.95 Å². The van der Waals surface area contributed by atoms with Gasteiger partial charge in [-0.1, -0.05) is 0 Å². The topological polar surface area (TPSA) is 67.8 Å². The number of rotatable bonds is 4. The highest BCUT2D eigenvalue weighted by Crippen LogP contribution is 2.33. The van der Waals surface area contributed by atoms with Crippen LogP contribution in [0.15, 0.2) is 24.4 Å². The monoisotopic (exact) mass is 382 g/mol. The summed E-state index contributed by atoms with van der Waals surface area (Å²) in [5.74, 6) is 2.08. The molecule has 1 aromatic carbocycles.